The molecule has 14 heavy (non-hydrogen) atoms. The summed E-state index contributed by atoms with van der Waals surface area (Å²) < 4.78 is 0. The first kappa shape index (κ1) is 9.51. The molecule has 0 amide bonds. The van der Waals surface area contributed by atoms with E-state index in [0.717, 1.165) is 0 Å². The standard InChI is InChI=1S/C14H18/c1-2-5-9-13(10-6-3-1)14-11-7-4-8-12-14/h4,7-9,11-12H,1-3,5-6,10H2/b13-9+. The lowest BCUT2D eigenvalue weighted by Gasteiger charge is -2.11. The van der Waals surface area contributed by atoms with Gasteiger partial charge in [-0.2, -0.15) is 0 Å². The van der Waals surface area contributed by atoms with Gasteiger partial charge >= 0.3 is 0 Å². The van der Waals surface area contributed by atoms with Crippen molar-refractivity contribution in [2.24, 2.45) is 0 Å². The predicted octanol–water partition coefficient (Wildman–Crippen LogP) is 4.42. The van der Waals surface area contributed by atoms with Crippen molar-refractivity contribution in [3.63, 3.8) is 0 Å². The summed E-state index contributed by atoms with van der Waals surface area (Å²) in [5.74, 6) is 0. The summed E-state index contributed by atoms with van der Waals surface area (Å²) in [6.45, 7) is 0. The smallest absolute Gasteiger partial charge is 0.0228 e. The van der Waals surface area contributed by atoms with Gasteiger partial charge in [-0.1, -0.05) is 49.2 Å². The second-order valence-electron chi connectivity index (χ2n) is 4.05. The van der Waals surface area contributed by atoms with Crippen LogP contribution in [0, 0.1) is 0 Å². The summed E-state index contributed by atoms with van der Waals surface area (Å²) in [5.41, 5.74) is 2.99. The van der Waals surface area contributed by atoms with Gasteiger partial charge in [0.25, 0.3) is 0 Å². The maximum atomic E-state index is 2.44. The average molecular weight is 186 g/mol. The molecule has 0 heterocycles. The lowest BCUT2D eigenvalue weighted by atomic mass is 9.95. The lowest BCUT2D eigenvalue weighted by Crippen LogP contribution is -1.89. The third-order valence-corrected chi connectivity index (χ3v) is 2.94. The highest BCUT2D eigenvalue weighted by molar-refractivity contribution is 5.65. The van der Waals surface area contributed by atoms with Crippen LogP contribution in [0.4, 0.5) is 0 Å². The monoisotopic (exact) mass is 186 g/mol. The fraction of sp³-hybridized carbons (Fsp3) is 0.429. The van der Waals surface area contributed by atoms with Gasteiger partial charge in [0, 0.05) is 0 Å². The van der Waals surface area contributed by atoms with E-state index in [9.17, 15) is 0 Å². The highest BCUT2D eigenvalue weighted by Crippen LogP contribution is 2.24. The summed E-state index contributed by atoms with van der Waals surface area (Å²) in [5, 5.41) is 0. The molecule has 1 aromatic carbocycles. The van der Waals surface area contributed by atoms with Gasteiger partial charge in [-0.25, -0.2) is 0 Å². The third-order valence-electron chi connectivity index (χ3n) is 2.94. The molecule has 0 aromatic heterocycles. The molecular weight excluding hydrogens is 168 g/mol. The summed E-state index contributed by atoms with van der Waals surface area (Å²) in [6.07, 6.45) is 10.5. The Hall–Kier alpha value is -1.04. The van der Waals surface area contributed by atoms with Crippen LogP contribution in [-0.2, 0) is 0 Å². The molecule has 0 radical (unpaired) electrons. The molecule has 1 aliphatic carbocycles. The molecule has 0 atom stereocenters. The minimum absolute atomic E-state index is 1.27. The highest BCUT2D eigenvalue weighted by Gasteiger charge is 2.03. The minimum atomic E-state index is 1.27. The summed E-state index contributed by atoms with van der Waals surface area (Å²) in [4.78, 5) is 0. The molecule has 2 rings (SSSR count). The summed E-state index contributed by atoms with van der Waals surface area (Å²) >= 11 is 0. The van der Waals surface area contributed by atoms with Crippen molar-refractivity contribution in [3.05, 3.63) is 42.0 Å². The van der Waals surface area contributed by atoms with E-state index in [4.69, 9.17) is 0 Å². The Balaban J connectivity index is 2.15. The van der Waals surface area contributed by atoms with E-state index in [1.807, 2.05) is 0 Å². The average Bonchev–Trinajstić information content (AvgIpc) is 2.18. The lowest BCUT2D eigenvalue weighted by molar-refractivity contribution is 0.643. The van der Waals surface area contributed by atoms with Crippen molar-refractivity contribution >= 4 is 5.57 Å². The van der Waals surface area contributed by atoms with Crippen LogP contribution in [0.5, 0.6) is 0 Å². The maximum Gasteiger partial charge on any atom is -0.0228 e. The van der Waals surface area contributed by atoms with Crippen molar-refractivity contribution in [3.8, 4) is 0 Å². The zero-order chi connectivity index (χ0) is 9.64. The number of rotatable bonds is 1. The number of allylic oxidation sites excluding steroid dienone is 2. The zero-order valence-electron chi connectivity index (χ0n) is 8.71. The van der Waals surface area contributed by atoms with E-state index in [0.29, 0.717) is 0 Å². The van der Waals surface area contributed by atoms with Crippen molar-refractivity contribution in [1.82, 2.24) is 0 Å². The van der Waals surface area contributed by atoms with Gasteiger partial charge in [0.2, 0.25) is 0 Å². The first-order chi connectivity index (χ1) is 6.97. The SMILES string of the molecule is C1=C(/c2ccccc2)CCCCCC/1. The van der Waals surface area contributed by atoms with Crippen LogP contribution in [-0.4, -0.2) is 0 Å². The Morgan fingerprint density at radius 1 is 0.786 bits per heavy atom. The molecule has 0 spiro atoms. The van der Waals surface area contributed by atoms with Crippen LogP contribution in [0.2, 0.25) is 0 Å². The van der Waals surface area contributed by atoms with Crippen molar-refractivity contribution < 1.29 is 0 Å². The molecule has 1 aromatic rings. The first-order valence-corrected chi connectivity index (χ1v) is 5.71. The minimum Gasteiger partial charge on any atom is -0.0807 e. The van der Waals surface area contributed by atoms with Gasteiger partial charge in [-0.05, 0) is 36.8 Å². The molecule has 0 saturated heterocycles. The highest BCUT2D eigenvalue weighted by atomic mass is 14.1. The topological polar surface area (TPSA) is 0 Å². The molecule has 74 valence electrons. The molecule has 0 nitrogen and oxygen atoms in total. The Bertz CT molecular complexity index is 295. The molecule has 0 aliphatic heterocycles. The van der Waals surface area contributed by atoms with Crippen molar-refractivity contribution in [2.45, 2.75) is 38.5 Å². The van der Waals surface area contributed by atoms with E-state index in [1.165, 1.54) is 44.1 Å². The number of hydrogen-bond acceptors (Lipinski definition) is 0. The van der Waals surface area contributed by atoms with Crippen LogP contribution >= 0.6 is 0 Å². The summed E-state index contributed by atoms with van der Waals surface area (Å²) in [7, 11) is 0. The molecule has 1 aliphatic rings. The van der Waals surface area contributed by atoms with Gasteiger partial charge in [-0.3, -0.25) is 0 Å². The van der Waals surface area contributed by atoms with E-state index >= 15 is 0 Å². The van der Waals surface area contributed by atoms with Gasteiger partial charge in [0.15, 0.2) is 0 Å². The molecule has 0 heteroatoms. The third kappa shape index (κ3) is 2.47. The fourth-order valence-electron chi connectivity index (χ4n) is 2.11. The van der Waals surface area contributed by atoms with Gasteiger partial charge < -0.3 is 0 Å². The fourth-order valence-corrected chi connectivity index (χ4v) is 2.11. The van der Waals surface area contributed by atoms with E-state index in [-0.39, 0.29) is 0 Å². The number of hydrogen-bond donors (Lipinski definition) is 0. The van der Waals surface area contributed by atoms with Crippen LogP contribution < -0.4 is 0 Å². The zero-order valence-corrected chi connectivity index (χ0v) is 8.71. The molecule has 0 bridgehead atoms. The molecule has 0 fully saturated rings. The van der Waals surface area contributed by atoms with Gasteiger partial charge in [0.1, 0.15) is 0 Å². The Labute approximate surface area is 86.7 Å². The molecule has 0 N–H and O–H groups in total. The Morgan fingerprint density at radius 2 is 1.57 bits per heavy atom. The Kier molecular flexibility index (Phi) is 3.39. The van der Waals surface area contributed by atoms with Crippen LogP contribution in [0.1, 0.15) is 44.1 Å². The quantitative estimate of drug-likeness (QED) is 0.609. The molecule has 0 unspecified atom stereocenters. The van der Waals surface area contributed by atoms with E-state index in [2.05, 4.69) is 36.4 Å². The van der Waals surface area contributed by atoms with Gasteiger partial charge in [0.05, 0.1) is 0 Å². The normalized spacial score (nSPS) is 21.9. The van der Waals surface area contributed by atoms with Crippen LogP contribution in [0.15, 0.2) is 36.4 Å². The van der Waals surface area contributed by atoms with E-state index < -0.39 is 0 Å². The van der Waals surface area contributed by atoms with Crippen molar-refractivity contribution in [2.75, 3.05) is 0 Å². The van der Waals surface area contributed by atoms with Crippen LogP contribution in [0.3, 0.4) is 0 Å². The first-order valence-electron chi connectivity index (χ1n) is 5.71. The van der Waals surface area contributed by atoms with Crippen LogP contribution in [0.25, 0.3) is 5.57 Å². The summed E-state index contributed by atoms with van der Waals surface area (Å²) in [6, 6.07) is 10.8. The van der Waals surface area contributed by atoms with E-state index in [1.54, 1.807) is 5.57 Å². The largest absolute Gasteiger partial charge is 0.0807 e. The molecular formula is C14H18. The van der Waals surface area contributed by atoms with Crippen molar-refractivity contribution in [1.29, 1.82) is 0 Å². The Morgan fingerprint density at radius 3 is 2.43 bits per heavy atom. The van der Waals surface area contributed by atoms with Gasteiger partial charge in [-0.15, -0.1) is 0 Å². The maximum absolute atomic E-state index is 2.44. The predicted molar refractivity (Wildman–Crippen MR) is 62.1 cm³/mol. The second-order valence-corrected chi connectivity index (χ2v) is 4.05. The number of benzene rings is 1. The second kappa shape index (κ2) is 4.99. The molecule has 0 saturated carbocycles.